The largest absolute Gasteiger partial charge is 0.319 e. The third kappa shape index (κ3) is 3.64. The molecule has 0 aromatic heterocycles. The van der Waals surface area contributed by atoms with E-state index in [4.69, 9.17) is 0 Å². The van der Waals surface area contributed by atoms with E-state index in [2.05, 4.69) is 37.2 Å². The van der Waals surface area contributed by atoms with Gasteiger partial charge in [0.2, 0.25) is 0 Å². The fraction of sp³-hybridized carbons (Fsp3) is 0. The van der Waals surface area contributed by atoms with E-state index in [0.717, 1.165) is 6.07 Å². The van der Waals surface area contributed by atoms with Crippen molar-refractivity contribution in [2.45, 2.75) is 0 Å². The number of benzene rings is 2. The van der Waals surface area contributed by atoms with Crippen LogP contribution in [0.15, 0.2) is 45.3 Å². The highest BCUT2D eigenvalue weighted by Gasteiger charge is 2.17. The van der Waals surface area contributed by atoms with Crippen LogP contribution in [0.3, 0.4) is 0 Å². The van der Waals surface area contributed by atoms with Crippen molar-refractivity contribution < 1.29 is 14.1 Å². The minimum atomic E-state index is -0.650. The Kier molecular flexibility index (Phi) is 4.69. The van der Waals surface area contributed by atoms with Crippen molar-refractivity contribution in [3.63, 3.8) is 0 Å². The summed E-state index contributed by atoms with van der Waals surface area (Å²) in [6.45, 7) is 0. The van der Waals surface area contributed by atoms with Gasteiger partial charge in [0.15, 0.2) is 0 Å². The summed E-state index contributed by atoms with van der Waals surface area (Å²) in [5, 5.41) is 13.1. The molecule has 0 bridgehead atoms. The van der Waals surface area contributed by atoms with E-state index in [1.165, 1.54) is 30.3 Å². The van der Waals surface area contributed by atoms with Crippen LogP contribution in [-0.4, -0.2) is 10.8 Å². The van der Waals surface area contributed by atoms with Crippen LogP contribution >= 0.6 is 31.9 Å². The van der Waals surface area contributed by atoms with E-state index in [1.54, 1.807) is 0 Å². The molecule has 0 saturated heterocycles. The summed E-state index contributed by atoms with van der Waals surface area (Å²) in [6.07, 6.45) is 0. The van der Waals surface area contributed by atoms with Crippen molar-refractivity contribution in [2.24, 2.45) is 0 Å². The van der Waals surface area contributed by atoms with Crippen LogP contribution in [-0.2, 0) is 0 Å². The number of carbonyl (C=O) groups is 1. The number of carbonyl (C=O) groups excluding carboxylic acids is 1. The first-order chi connectivity index (χ1) is 9.88. The van der Waals surface area contributed by atoms with E-state index >= 15 is 0 Å². The maximum absolute atomic E-state index is 13.6. The Hall–Kier alpha value is -1.80. The summed E-state index contributed by atoms with van der Waals surface area (Å²) >= 11 is 6.31. The smallest absolute Gasteiger partial charge is 0.270 e. The van der Waals surface area contributed by atoms with Gasteiger partial charge in [-0.15, -0.1) is 0 Å². The zero-order chi connectivity index (χ0) is 15.6. The highest BCUT2D eigenvalue weighted by atomic mass is 79.9. The molecule has 0 radical (unpaired) electrons. The maximum atomic E-state index is 13.6. The van der Waals surface area contributed by atoms with Crippen LogP contribution in [0.2, 0.25) is 0 Å². The third-order valence-corrected chi connectivity index (χ3v) is 3.77. The van der Waals surface area contributed by atoms with Gasteiger partial charge in [-0.3, -0.25) is 14.9 Å². The fourth-order valence-electron chi connectivity index (χ4n) is 1.58. The van der Waals surface area contributed by atoms with Gasteiger partial charge in [0.1, 0.15) is 5.82 Å². The van der Waals surface area contributed by atoms with Crippen molar-refractivity contribution in [2.75, 3.05) is 5.32 Å². The second kappa shape index (κ2) is 6.31. The second-order valence-electron chi connectivity index (χ2n) is 4.00. The lowest BCUT2D eigenvalue weighted by molar-refractivity contribution is -0.384. The predicted octanol–water partition coefficient (Wildman–Crippen LogP) is 4.51. The standard InChI is InChI=1S/C13H7Br2FN2O3/c14-7-1-4-11(16)12(5-7)17-13(19)9-6-8(18(20)21)2-3-10(9)15/h1-6H,(H,17,19). The molecule has 2 aromatic carbocycles. The molecular weight excluding hydrogens is 411 g/mol. The molecule has 5 nitrogen and oxygen atoms in total. The molecule has 21 heavy (non-hydrogen) atoms. The number of non-ortho nitro benzene ring substituents is 1. The molecule has 0 heterocycles. The van der Waals surface area contributed by atoms with Gasteiger partial charge in [0.25, 0.3) is 11.6 Å². The Morgan fingerprint density at radius 3 is 2.57 bits per heavy atom. The average Bonchev–Trinajstić information content (AvgIpc) is 2.43. The Morgan fingerprint density at radius 2 is 1.90 bits per heavy atom. The molecule has 1 amide bonds. The van der Waals surface area contributed by atoms with Crippen LogP contribution in [0.1, 0.15) is 10.4 Å². The van der Waals surface area contributed by atoms with Crippen LogP contribution < -0.4 is 5.32 Å². The number of hydrogen-bond donors (Lipinski definition) is 1. The van der Waals surface area contributed by atoms with Crippen molar-refractivity contribution in [3.8, 4) is 0 Å². The molecule has 0 fully saturated rings. The summed E-state index contributed by atoms with van der Waals surface area (Å²) in [6, 6.07) is 7.87. The van der Waals surface area contributed by atoms with Crippen LogP contribution in [0, 0.1) is 15.9 Å². The van der Waals surface area contributed by atoms with Crippen LogP contribution in [0.4, 0.5) is 15.8 Å². The number of amides is 1. The monoisotopic (exact) mass is 416 g/mol. The first-order valence-electron chi connectivity index (χ1n) is 5.59. The number of nitro groups is 1. The van der Waals surface area contributed by atoms with Gasteiger partial charge in [-0.25, -0.2) is 4.39 Å². The highest BCUT2D eigenvalue weighted by Crippen LogP contribution is 2.25. The van der Waals surface area contributed by atoms with Gasteiger partial charge < -0.3 is 5.32 Å². The minimum absolute atomic E-state index is 0.0206. The molecule has 0 atom stereocenters. The van der Waals surface area contributed by atoms with E-state index in [0.29, 0.717) is 8.95 Å². The van der Waals surface area contributed by atoms with Crippen molar-refractivity contribution in [1.82, 2.24) is 0 Å². The Bertz CT molecular complexity index is 737. The van der Waals surface area contributed by atoms with E-state index in [-0.39, 0.29) is 16.9 Å². The third-order valence-electron chi connectivity index (χ3n) is 2.58. The molecule has 2 rings (SSSR count). The lowest BCUT2D eigenvalue weighted by Crippen LogP contribution is -2.14. The Balaban J connectivity index is 2.34. The predicted molar refractivity (Wildman–Crippen MR) is 82.8 cm³/mol. The molecule has 2 aromatic rings. The molecule has 0 aliphatic rings. The van der Waals surface area contributed by atoms with Gasteiger partial charge in [-0.2, -0.15) is 0 Å². The van der Waals surface area contributed by atoms with E-state index in [9.17, 15) is 19.3 Å². The molecule has 8 heteroatoms. The quantitative estimate of drug-likeness (QED) is 0.589. The number of nitro benzene ring substituents is 1. The van der Waals surface area contributed by atoms with Gasteiger partial charge in [0.05, 0.1) is 16.2 Å². The normalized spacial score (nSPS) is 10.2. The van der Waals surface area contributed by atoms with E-state index in [1.807, 2.05) is 0 Å². The van der Waals surface area contributed by atoms with Crippen molar-refractivity contribution >= 4 is 49.1 Å². The van der Waals surface area contributed by atoms with E-state index < -0.39 is 16.6 Å². The molecule has 0 aliphatic carbocycles. The SMILES string of the molecule is O=C(Nc1cc(Br)ccc1F)c1cc([N+](=O)[O-])ccc1Br. The summed E-state index contributed by atoms with van der Waals surface area (Å²) in [5.74, 6) is -1.25. The number of rotatable bonds is 3. The molecule has 108 valence electrons. The van der Waals surface area contributed by atoms with Gasteiger partial charge in [0, 0.05) is 21.1 Å². The summed E-state index contributed by atoms with van der Waals surface area (Å²) in [4.78, 5) is 22.3. The molecule has 0 saturated carbocycles. The van der Waals surface area contributed by atoms with Gasteiger partial charge in [-0.05, 0) is 40.2 Å². The molecule has 0 aliphatic heterocycles. The van der Waals surface area contributed by atoms with Crippen molar-refractivity contribution in [3.05, 3.63) is 66.8 Å². The number of hydrogen-bond acceptors (Lipinski definition) is 3. The topological polar surface area (TPSA) is 72.2 Å². The Morgan fingerprint density at radius 1 is 1.19 bits per heavy atom. The van der Waals surface area contributed by atoms with Crippen LogP contribution in [0.25, 0.3) is 0 Å². The number of halogens is 3. The zero-order valence-corrected chi connectivity index (χ0v) is 13.4. The number of nitrogens with one attached hydrogen (secondary N) is 1. The maximum Gasteiger partial charge on any atom is 0.270 e. The van der Waals surface area contributed by atoms with Crippen molar-refractivity contribution in [1.29, 1.82) is 0 Å². The molecule has 0 unspecified atom stereocenters. The molecule has 0 spiro atoms. The first-order valence-corrected chi connectivity index (χ1v) is 7.17. The highest BCUT2D eigenvalue weighted by molar-refractivity contribution is 9.10. The van der Waals surface area contributed by atoms with Gasteiger partial charge in [-0.1, -0.05) is 15.9 Å². The average molecular weight is 418 g/mol. The van der Waals surface area contributed by atoms with Gasteiger partial charge >= 0.3 is 0 Å². The summed E-state index contributed by atoms with van der Waals surface area (Å²) in [5.41, 5.74) is -0.200. The number of anilines is 1. The zero-order valence-electron chi connectivity index (χ0n) is 10.3. The minimum Gasteiger partial charge on any atom is -0.319 e. The molecule has 1 N–H and O–H groups in total. The summed E-state index contributed by atoms with van der Waals surface area (Å²) < 4.78 is 14.6. The first kappa shape index (κ1) is 15.6. The Labute approximate surface area is 135 Å². The lowest BCUT2D eigenvalue weighted by atomic mass is 10.2. The fourth-order valence-corrected chi connectivity index (χ4v) is 2.37. The second-order valence-corrected chi connectivity index (χ2v) is 5.77. The van der Waals surface area contributed by atoms with Crippen LogP contribution in [0.5, 0.6) is 0 Å². The number of nitrogens with zero attached hydrogens (tertiary/aromatic N) is 1. The molecular formula is C13H7Br2FN2O3. The summed E-state index contributed by atoms with van der Waals surface area (Å²) in [7, 11) is 0. The lowest BCUT2D eigenvalue weighted by Gasteiger charge is -2.08.